The maximum atomic E-state index is 6.07. The van der Waals surface area contributed by atoms with E-state index in [0.717, 1.165) is 17.5 Å². The molecule has 2 N–H and O–H groups in total. The first-order valence-electron chi connectivity index (χ1n) is 6.60. The van der Waals surface area contributed by atoms with E-state index in [0.29, 0.717) is 10.7 Å². The quantitative estimate of drug-likeness (QED) is 0.757. The lowest BCUT2D eigenvalue weighted by atomic mass is 9.82. The molecule has 100 valence electrons. The van der Waals surface area contributed by atoms with E-state index >= 15 is 0 Å². The predicted octanol–water partition coefficient (Wildman–Crippen LogP) is 5.28. The molecule has 0 radical (unpaired) electrons. The molecule has 0 unspecified atom stereocenters. The molecule has 0 saturated heterocycles. The second-order valence-electron chi connectivity index (χ2n) is 5.55. The average Bonchev–Trinajstić information content (AvgIpc) is 2.42. The third kappa shape index (κ3) is 2.93. The molecule has 2 heteroatoms. The van der Waals surface area contributed by atoms with Crippen LogP contribution in [0.5, 0.6) is 0 Å². The van der Waals surface area contributed by atoms with Gasteiger partial charge in [-0.25, -0.2) is 0 Å². The summed E-state index contributed by atoms with van der Waals surface area (Å²) in [7, 11) is 0. The van der Waals surface area contributed by atoms with Crippen LogP contribution < -0.4 is 5.73 Å². The summed E-state index contributed by atoms with van der Waals surface area (Å²) in [6.45, 7) is 6.75. The van der Waals surface area contributed by atoms with Crippen molar-refractivity contribution in [1.82, 2.24) is 0 Å². The third-order valence-electron chi connectivity index (χ3n) is 3.88. The summed E-state index contributed by atoms with van der Waals surface area (Å²) in [5.41, 5.74) is 10.2. The molecule has 2 aromatic rings. The molecule has 0 heterocycles. The van der Waals surface area contributed by atoms with Crippen molar-refractivity contribution < 1.29 is 0 Å². The number of halogens is 1. The topological polar surface area (TPSA) is 26.0 Å². The van der Waals surface area contributed by atoms with Crippen molar-refractivity contribution in [2.45, 2.75) is 32.6 Å². The Morgan fingerprint density at radius 2 is 1.58 bits per heavy atom. The van der Waals surface area contributed by atoms with Crippen LogP contribution in [0.15, 0.2) is 42.5 Å². The Bertz CT molecular complexity index is 570. The smallest absolute Gasteiger partial charge is 0.0641 e. The van der Waals surface area contributed by atoms with E-state index in [1.54, 1.807) is 0 Å². The van der Waals surface area contributed by atoms with Gasteiger partial charge in [0.1, 0.15) is 0 Å². The predicted molar refractivity (Wildman–Crippen MR) is 84.6 cm³/mol. The second-order valence-corrected chi connectivity index (χ2v) is 5.96. The van der Waals surface area contributed by atoms with Gasteiger partial charge in [0, 0.05) is 0 Å². The zero-order chi connectivity index (χ0) is 14.0. The first-order valence-corrected chi connectivity index (χ1v) is 6.98. The van der Waals surface area contributed by atoms with Crippen molar-refractivity contribution in [2.75, 3.05) is 5.73 Å². The monoisotopic (exact) mass is 273 g/mol. The van der Waals surface area contributed by atoms with Gasteiger partial charge in [0.15, 0.2) is 0 Å². The molecule has 0 aromatic heterocycles. The molecule has 2 aromatic carbocycles. The maximum absolute atomic E-state index is 6.07. The molecule has 0 spiro atoms. The van der Waals surface area contributed by atoms with Crippen LogP contribution >= 0.6 is 11.6 Å². The largest absolute Gasteiger partial charge is 0.398 e. The van der Waals surface area contributed by atoms with E-state index < -0.39 is 0 Å². The molecule has 0 aliphatic carbocycles. The van der Waals surface area contributed by atoms with Gasteiger partial charge in [-0.1, -0.05) is 62.7 Å². The van der Waals surface area contributed by atoms with Crippen LogP contribution in [0.3, 0.4) is 0 Å². The molecule has 0 bridgehead atoms. The zero-order valence-corrected chi connectivity index (χ0v) is 12.5. The van der Waals surface area contributed by atoms with Gasteiger partial charge in [0.2, 0.25) is 0 Å². The van der Waals surface area contributed by atoms with Crippen LogP contribution in [0.25, 0.3) is 11.1 Å². The molecule has 0 aliphatic rings. The summed E-state index contributed by atoms with van der Waals surface area (Å²) in [6, 6.07) is 14.5. The molecule has 0 saturated carbocycles. The van der Waals surface area contributed by atoms with Gasteiger partial charge < -0.3 is 5.73 Å². The summed E-state index contributed by atoms with van der Waals surface area (Å²) in [4.78, 5) is 0. The Morgan fingerprint density at radius 3 is 2.11 bits per heavy atom. The molecule has 0 fully saturated rings. The number of benzene rings is 2. The second kappa shape index (κ2) is 5.26. The van der Waals surface area contributed by atoms with Crippen molar-refractivity contribution in [1.29, 1.82) is 0 Å². The van der Waals surface area contributed by atoms with Gasteiger partial charge in [-0.2, -0.15) is 0 Å². The van der Waals surface area contributed by atoms with Crippen LogP contribution in [0, 0.1) is 0 Å². The first kappa shape index (κ1) is 14.0. The number of rotatable bonds is 3. The Balaban J connectivity index is 2.35. The highest BCUT2D eigenvalue weighted by Gasteiger charge is 2.17. The lowest BCUT2D eigenvalue weighted by Gasteiger charge is -2.23. The van der Waals surface area contributed by atoms with Crippen LogP contribution in [0.4, 0.5) is 5.69 Å². The molecule has 0 aliphatic heterocycles. The fourth-order valence-electron chi connectivity index (χ4n) is 2.02. The van der Waals surface area contributed by atoms with E-state index in [1.165, 1.54) is 5.56 Å². The molecular formula is C17H20ClN. The van der Waals surface area contributed by atoms with Crippen LogP contribution in [-0.4, -0.2) is 0 Å². The lowest BCUT2D eigenvalue weighted by molar-refractivity contribution is 0.506. The van der Waals surface area contributed by atoms with Crippen molar-refractivity contribution in [3.8, 4) is 11.1 Å². The van der Waals surface area contributed by atoms with Gasteiger partial charge in [-0.3, -0.25) is 0 Å². The average molecular weight is 274 g/mol. The van der Waals surface area contributed by atoms with Crippen molar-refractivity contribution in [3.63, 3.8) is 0 Å². The number of hydrogen-bond donors (Lipinski definition) is 1. The van der Waals surface area contributed by atoms with Gasteiger partial charge >= 0.3 is 0 Å². The standard InChI is InChI=1S/C17H20ClN/c1-4-17(2,3)14-8-5-12(6-9-14)13-7-10-16(19)15(18)11-13/h5-11H,4,19H2,1-3H3. The molecule has 1 nitrogen and oxygen atoms in total. The number of hydrogen-bond acceptors (Lipinski definition) is 1. The normalized spacial score (nSPS) is 11.6. The summed E-state index contributed by atoms with van der Waals surface area (Å²) in [5.74, 6) is 0. The van der Waals surface area contributed by atoms with E-state index in [2.05, 4.69) is 45.0 Å². The summed E-state index contributed by atoms with van der Waals surface area (Å²) >= 11 is 6.07. The van der Waals surface area contributed by atoms with E-state index in [-0.39, 0.29) is 5.41 Å². The molecule has 19 heavy (non-hydrogen) atoms. The van der Waals surface area contributed by atoms with Crippen molar-refractivity contribution in [3.05, 3.63) is 53.1 Å². The fourth-order valence-corrected chi connectivity index (χ4v) is 2.21. The van der Waals surface area contributed by atoms with Crippen LogP contribution in [0.2, 0.25) is 5.02 Å². The summed E-state index contributed by atoms with van der Waals surface area (Å²) in [6.07, 6.45) is 1.13. The highest BCUT2D eigenvalue weighted by Crippen LogP contribution is 2.31. The summed E-state index contributed by atoms with van der Waals surface area (Å²) in [5, 5.41) is 0.607. The van der Waals surface area contributed by atoms with Gasteiger partial charge in [0.25, 0.3) is 0 Å². The minimum absolute atomic E-state index is 0.220. The maximum Gasteiger partial charge on any atom is 0.0641 e. The van der Waals surface area contributed by atoms with E-state index in [1.807, 2.05) is 18.2 Å². The molecular weight excluding hydrogens is 254 g/mol. The van der Waals surface area contributed by atoms with Gasteiger partial charge in [0.05, 0.1) is 10.7 Å². The van der Waals surface area contributed by atoms with Crippen LogP contribution in [-0.2, 0) is 5.41 Å². The van der Waals surface area contributed by atoms with E-state index in [4.69, 9.17) is 17.3 Å². The Hall–Kier alpha value is -1.47. The first-order chi connectivity index (χ1) is 8.94. The number of nitrogens with two attached hydrogens (primary N) is 1. The van der Waals surface area contributed by atoms with Gasteiger partial charge in [-0.05, 0) is 40.7 Å². The van der Waals surface area contributed by atoms with Crippen molar-refractivity contribution in [2.24, 2.45) is 0 Å². The molecule has 0 atom stereocenters. The minimum atomic E-state index is 0.220. The molecule has 2 rings (SSSR count). The van der Waals surface area contributed by atoms with Crippen molar-refractivity contribution >= 4 is 17.3 Å². The number of nitrogen functional groups attached to an aromatic ring is 1. The SMILES string of the molecule is CCC(C)(C)c1ccc(-c2ccc(N)c(Cl)c2)cc1. The molecule has 0 amide bonds. The van der Waals surface area contributed by atoms with E-state index in [9.17, 15) is 0 Å². The Morgan fingerprint density at radius 1 is 1.00 bits per heavy atom. The third-order valence-corrected chi connectivity index (χ3v) is 4.21. The summed E-state index contributed by atoms with van der Waals surface area (Å²) < 4.78 is 0. The van der Waals surface area contributed by atoms with Gasteiger partial charge in [-0.15, -0.1) is 0 Å². The lowest BCUT2D eigenvalue weighted by Crippen LogP contribution is -2.14. The Kier molecular flexibility index (Phi) is 3.86. The zero-order valence-electron chi connectivity index (χ0n) is 11.7. The number of anilines is 1. The fraction of sp³-hybridized carbons (Fsp3) is 0.294. The Labute approximate surface area is 120 Å². The highest BCUT2D eigenvalue weighted by atomic mass is 35.5. The van der Waals surface area contributed by atoms with Crippen LogP contribution in [0.1, 0.15) is 32.8 Å². The minimum Gasteiger partial charge on any atom is -0.398 e. The highest BCUT2D eigenvalue weighted by molar-refractivity contribution is 6.33.